The molecule has 1 aromatic rings. The first-order valence-electron chi connectivity index (χ1n) is 5.11. The molecule has 0 fully saturated rings. The van der Waals surface area contributed by atoms with Crippen molar-refractivity contribution >= 4 is 11.6 Å². The topological polar surface area (TPSA) is 47.3 Å². The fourth-order valence-electron chi connectivity index (χ4n) is 1.56. The van der Waals surface area contributed by atoms with Gasteiger partial charge in [0.1, 0.15) is 5.75 Å². The van der Waals surface area contributed by atoms with Gasteiger partial charge in [0.2, 0.25) is 0 Å². The Morgan fingerprint density at radius 2 is 2.38 bits per heavy atom. The predicted molar refractivity (Wildman–Crippen MR) is 68.0 cm³/mol. The van der Waals surface area contributed by atoms with Crippen LogP contribution in [0.25, 0.3) is 0 Å². The fraction of sp³-hybridized carbons (Fsp3) is 0.333. The average molecular weight is 241 g/mol. The number of rotatable bonds is 6. The van der Waals surface area contributed by atoms with E-state index >= 15 is 0 Å². The zero-order valence-corrected chi connectivity index (χ0v) is 10.1. The Hall–Kier alpha value is -1.03. The summed E-state index contributed by atoms with van der Waals surface area (Å²) in [6, 6.07) is 5.53. The number of nitrogens with two attached hydrogens (primary N) is 1. The van der Waals surface area contributed by atoms with Crippen molar-refractivity contribution in [3.8, 4) is 5.75 Å². The number of hydrogen-bond acceptors (Lipinski definition) is 3. The number of methoxy groups -OCH3 is 1. The van der Waals surface area contributed by atoms with Crippen molar-refractivity contribution in [2.45, 2.75) is 6.04 Å². The van der Waals surface area contributed by atoms with Crippen molar-refractivity contribution in [3.05, 3.63) is 41.4 Å². The highest BCUT2D eigenvalue weighted by Gasteiger charge is 2.16. The van der Waals surface area contributed by atoms with E-state index in [9.17, 15) is 0 Å². The quantitative estimate of drug-likeness (QED) is 0.749. The second-order valence-electron chi connectivity index (χ2n) is 3.34. The van der Waals surface area contributed by atoms with Gasteiger partial charge in [0.05, 0.1) is 7.11 Å². The largest absolute Gasteiger partial charge is 0.496 e. The van der Waals surface area contributed by atoms with Crippen molar-refractivity contribution in [2.24, 2.45) is 5.73 Å². The second kappa shape index (κ2) is 6.53. The molecule has 0 aromatic heterocycles. The molecule has 0 radical (unpaired) electrons. The first kappa shape index (κ1) is 13.0. The van der Waals surface area contributed by atoms with E-state index in [1.807, 2.05) is 18.2 Å². The molecule has 88 valence electrons. The smallest absolute Gasteiger partial charge is 0.125 e. The van der Waals surface area contributed by atoms with Crippen LogP contribution in [0.1, 0.15) is 11.6 Å². The van der Waals surface area contributed by atoms with Gasteiger partial charge in [-0.2, -0.15) is 0 Å². The fourth-order valence-corrected chi connectivity index (χ4v) is 1.86. The van der Waals surface area contributed by atoms with Crippen molar-refractivity contribution < 1.29 is 4.74 Å². The average Bonchev–Trinajstić information content (AvgIpc) is 2.31. The maximum Gasteiger partial charge on any atom is 0.125 e. The van der Waals surface area contributed by atoms with E-state index in [1.165, 1.54) is 0 Å². The molecule has 1 atom stereocenters. The molecule has 0 saturated carbocycles. The molecule has 0 spiro atoms. The second-order valence-corrected chi connectivity index (χ2v) is 3.75. The lowest BCUT2D eigenvalue weighted by Gasteiger charge is -2.20. The molecule has 0 aliphatic heterocycles. The molecule has 1 unspecified atom stereocenters. The van der Waals surface area contributed by atoms with Gasteiger partial charge >= 0.3 is 0 Å². The summed E-state index contributed by atoms with van der Waals surface area (Å²) in [5.41, 5.74) is 6.63. The zero-order valence-electron chi connectivity index (χ0n) is 9.37. The lowest BCUT2D eigenvalue weighted by Crippen LogP contribution is -2.28. The molecule has 0 aliphatic carbocycles. The van der Waals surface area contributed by atoms with Crippen LogP contribution in [-0.4, -0.2) is 20.2 Å². The van der Waals surface area contributed by atoms with Crippen molar-refractivity contribution in [2.75, 3.05) is 20.2 Å². The van der Waals surface area contributed by atoms with E-state index in [0.717, 1.165) is 11.3 Å². The van der Waals surface area contributed by atoms with Crippen LogP contribution < -0.4 is 15.8 Å². The standard InChI is InChI=1S/C12H17ClN2O/c1-3-7-15-10(8-14)12-9(13)5-4-6-11(12)16-2/h3-6,10,15H,1,7-8,14H2,2H3. The first-order chi connectivity index (χ1) is 7.74. The number of halogens is 1. The molecule has 4 heteroatoms. The molecule has 16 heavy (non-hydrogen) atoms. The van der Waals surface area contributed by atoms with Gasteiger partial charge in [-0.3, -0.25) is 0 Å². The van der Waals surface area contributed by atoms with Gasteiger partial charge in [0, 0.05) is 29.7 Å². The Balaban J connectivity index is 3.02. The number of nitrogens with one attached hydrogen (secondary N) is 1. The Morgan fingerprint density at radius 1 is 1.62 bits per heavy atom. The Morgan fingerprint density at radius 3 is 2.94 bits per heavy atom. The molecule has 3 N–H and O–H groups in total. The Bertz CT molecular complexity index is 355. The molecule has 0 saturated heterocycles. The Kier molecular flexibility index (Phi) is 5.32. The predicted octanol–water partition coefficient (Wildman–Crippen LogP) is 2.12. The van der Waals surface area contributed by atoms with Crippen LogP contribution in [0.3, 0.4) is 0 Å². The van der Waals surface area contributed by atoms with Gasteiger partial charge in [-0.15, -0.1) is 6.58 Å². The van der Waals surface area contributed by atoms with Crippen molar-refractivity contribution in [3.63, 3.8) is 0 Å². The third-order valence-corrected chi connectivity index (χ3v) is 2.66. The van der Waals surface area contributed by atoms with E-state index in [4.69, 9.17) is 22.1 Å². The molecule has 0 heterocycles. The summed E-state index contributed by atoms with van der Waals surface area (Å²) in [6.07, 6.45) is 1.78. The van der Waals surface area contributed by atoms with Crippen LogP contribution in [0.15, 0.2) is 30.9 Å². The summed E-state index contributed by atoms with van der Waals surface area (Å²) < 4.78 is 5.28. The Labute approximate surface area is 101 Å². The highest BCUT2D eigenvalue weighted by molar-refractivity contribution is 6.31. The summed E-state index contributed by atoms with van der Waals surface area (Å²) in [4.78, 5) is 0. The van der Waals surface area contributed by atoms with Crippen LogP contribution in [0.2, 0.25) is 5.02 Å². The van der Waals surface area contributed by atoms with Gasteiger partial charge in [0.15, 0.2) is 0 Å². The van der Waals surface area contributed by atoms with Gasteiger partial charge in [-0.25, -0.2) is 0 Å². The molecule has 3 nitrogen and oxygen atoms in total. The maximum atomic E-state index is 6.16. The molecular formula is C12H17ClN2O. The minimum Gasteiger partial charge on any atom is -0.496 e. The normalized spacial score (nSPS) is 12.2. The summed E-state index contributed by atoms with van der Waals surface area (Å²) in [5, 5.41) is 3.90. The first-order valence-corrected chi connectivity index (χ1v) is 5.49. The van der Waals surface area contributed by atoms with Gasteiger partial charge < -0.3 is 15.8 Å². The summed E-state index contributed by atoms with van der Waals surface area (Å²) in [5.74, 6) is 0.750. The monoisotopic (exact) mass is 240 g/mol. The number of ether oxygens (including phenoxy) is 1. The van der Waals surface area contributed by atoms with E-state index in [1.54, 1.807) is 13.2 Å². The minimum atomic E-state index is -0.0263. The van der Waals surface area contributed by atoms with E-state index < -0.39 is 0 Å². The van der Waals surface area contributed by atoms with Crippen LogP contribution in [-0.2, 0) is 0 Å². The highest BCUT2D eigenvalue weighted by Crippen LogP contribution is 2.31. The third kappa shape index (κ3) is 2.98. The van der Waals surface area contributed by atoms with Crippen molar-refractivity contribution in [1.82, 2.24) is 5.32 Å². The minimum absolute atomic E-state index is 0.0263. The van der Waals surface area contributed by atoms with Crippen LogP contribution in [0, 0.1) is 0 Å². The van der Waals surface area contributed by atoms with Crippen LogP contribution in [0.5, 0.6) is 5.75 Å². The third-order valence-electron chi connectivity index (χ3n) is 2.33. The summed E-state index contributed by atoms with van der Waals surface area (Å²) in [7, 11) is 1.62. The van der Waals surface area contributed by atoms with E-state index in [-0.39, 0.29) is 6.04 Å². The van der Waals surface area contributed by atoms with Gasteiger partial charge in [-0.05, 0) is 12.1 Å². The molecule has 0 bridgehead atoms. The molecule has 0 amide bonds. The summed E-state index contributed by atoms with van der Waals surface area (Å²) in [6.45, 7) is 4.79. The SMILES string of the molecule is C=CCNC(CN)c1c(Cl)cccc1OC. The zero-order chi connectivity index (χ0) is 12.0. The molecule has 0 aliphatic rings. The lowest BCUT2D eigenvalue weighted by atomic mass is 10.1. The van der Waals surface area contributed by atoms with Crippen LogP contribution in [0.4, 0.5) is 0 Å². The van der Waals surface area contributed by atoms with E-state index in [0.29, 0.717) is 18.1 Å². The molecular weight excluding hydrogens is 224 g/mol. The summed E-state index contributed by atoms with van der Waals surface area (Å²) >= 11 is 6.16. The maximum absolute atomic E-state index is 6.16. The molecule has 1 rings (SSSR count). The molecule has 1 aromatic carbocycles. The highest BCUT2D eigenvalue weighted by atomic mass is 35.5. The van der Waals surface area contributed by atoms with Gasteiger partial charge in [-0.1, -0.05) is 23.7 Å². The van der Waals surface area contributed by atoms with E-state index in [2.05, 4.69) is 11.9 Å². The van der Waals surface area contributed by atoms with Crippen LogP contribution >= 0.6 is 11.6 Å². The number of benzene rings is 1. The van der Waals surface area contributed by atoms with Crippen molar-refractivity contribution in [1.29, 1.82) is 0 Å². The van der Waals surface area contributed by atoms with Gasteiger partial charge in [0.25, 0.3) is 0 Å². The number of hydrogen-bond donors (Lipinski definition) is 2. The lowest BCUT2D eigenvalue weighted by molar-refractivity contribution is 0.401.